The van der Waals surface area contributed by atoms with Crippen LogP contribution < -0.4 is 10.2 Å². The van der Waals surface area contributed by atoms with Crippen molar-refractivity contribution in [2.45, 2.75) is 36.6 Å². The molecular formula is C27H28N2O4S. The van der Waals surface area contributed by atoms with Crippen LogP contribution in [-0.4, -0.2) is 35.8 Å². The first kappa shape index (κ1) is 23.9. The minimum absolute atomic E-state index is 0.236. The van der Waals surface area contributed by atoms with Crippen LogP contribution in [0.5, 0.6) is 0 Å². The normalized spacial score (nSPS) is 14.8. The van der Waals surface area contributed by atoms with Crippen molar-refractivity contribution >= 4 is 28.3 Å². The van der Waals surface area contributed by atoms with E-state index in [0.717, 1.165) is 11.1 Å². The van der Waals surface area contributed by atoms with E-state index < -0.39 is 10.8 Å². The van der Waals surface area contributed by atoms with Gasteiger partial charge in [0.2, 0.25) is 0 Å². The molecular weight excluding hydrogens is 448 g/mol. The highest BCUT2D eigenvalue weighted by atomic mass is 32.2. The molecule has 7 heteroatoms. The lowest BCUT2D eigenvalue weighted by atomic mass is 10.1. The van der Waals surface area contributed by atoms with Gasteiger partial charge >= 0.3 is 0 Å². The molecule has 4 rings (SSSR count). The van der Waals surface area contributed by atoms with E-state index in [0.29, 0.717) is 59.3 Å². The molecule has 0 bridgehead atoms. The lowest BCUT2D eigenvalue weighted by Gasteiger charge is -2.24. The number of ether oxygens (including phenoxy) is 1. The highest BCUT2D eigenvalue weighted by Crippen LogP contribution is 2.36. The van der Waals surface area contributed by atoms with Crippen molar-refractivity contribution < 1.29 is 18.5 Å². The molecule has 0 saturated heterocycles. The molecule has 0 unspecified atom stereocenters. The topological polar surface area (TPSA) is 75.7 Å². The largest absolute Gasteiger partial charge is 0.382 e. The number of aryl methyl sites for hydroxylation is 1. The molecule has 0 radical (unpaired) electrons. The molecule has 1 aliphatic heterocycles. The Morgan fingerprint density at radius 3 is 2.59 bits per heavy atom. The van der Waals surface area contributed by atoms with Crippen molar-refractivity contribution in [2.75, 3.05) is 24.7 Å². The summed E-state index contributed by atoms with van der Waals surface area (Å²) in [5, 5.41) is 2.90. The van der Waals surface area contributed by atoms with Crippen molar-refractivity contribution in [3.05, 3.63) is 89.0 Å². The summed E-state index contributed by atoms with van der Waals surface area (Å²) < 4.78 is 18.8. The summed E-state index contributed by atoms with van der Waals surface area (Å²) in [6.07, 6.45) is 0.710. The van der Waals surface area contributed by atoms with Gasteiger partial charge in [-0.1, -0.05) is 36.4 Å². The number of hydrogen-bond donors (Lipinski definition) is 1. The fourth-order valence-electron chi connectivity index (χ4n) is 3.94. The van der Waals surface area contributed by atoms with Gasteiger partial charge in [0, 0.05) is 25.3 Å². The van der Waals surface area contributed by atoms with E-state index in [-0.39, 0.29) is 11.8 Å². The Morgan fingerprint density at radius 1 is 1.03 bits per heavy atom. The minimum atomic E-state index is -1.55. The predicted molar refractivity (Wildman–Crippen MR) is 133 cm³/mol. The van der Waals surface area contributed by atoms with E-state index in [9.17, 15) is 13.8 Å². The Hall–Kier alpha value is -3.29. The molecule has 2 amide bonds. The van der Waals surface area contributed by atoms with E-state index in [4.69, 9.17) is 4.74 Å². The standard InChI is InChI=1S/C27H28N2O4S/c1-3-33-16-8-15-28-26(30)20-13-14-25-23(17-20)29(18-21-10-5-4-9-19(21)2)27(31)22-11-6-7-12-24(22)34(25)32/h4-7,9-14,17H,3,8,15-16,18H2,1-2H3,(H,28,30)/t34-/m1/s1. The fourth-order valence-corrected chi connectivity index (χ4v) is 5.29. The summed E-state index contributed by atoms with van der Waals surface area (Å²) in [4.78, 5) is 29.1. The molecule has 3 aromatic carbocycles. The van der Waals surface area contributed by atoms with Crippen LogP contribution in [0.2, 0.25) is 0 Å². The Morgan fingerprint density at radius 2 is 1.79 bits per heavy atom. The van der Waals surface area contributed by atoms with E-state index in [2.05, 4.69) is 5.32 Å². The third-order valence-corrected chi connectivity index (χ3v) is 7.32. The monoisotopic (exact) mass is 476 g/mol. The van der Waals surface area contributed by atoms with Gasteiger partial charge in [0.25, 0.3) is 11.8 Å². The number of fused-ring (bicyclic) bond motifs is 2. The van der Waals surface area contributed by atoms with Gasteiger partial charge in [-0.2, -0.15) is 0 Å². The van der Waals surface area contributed by atoms with Crippen LogP contribution in [-0.2, 0) is 22.1 Å². The van der Waals surface area contributed by atoms with Gasteiger partial charge < -0.3 is 15.0 Å². The Bertz CT molecular complexity index is 1240. The maximum atomic E-state index is 13.7. The van der Waals surface area contributed by atoms with Crippen LogP contribution in [0.1, 0.15) is 45.2 Å². The maximum absolute atomic E-state index is 13.7. The first-order valence-electron chi connectivity index (χ1n) is 11.4. The first-order chi connectivity index (χ1) is 16.5. The second-order valence-corrected chi connectivity index (χ2v) is 9.49. The zero-order valence-electron chi connectivity index (χ0n) is 19.4. The summed E-state index contributed by atoms with van der Waals surface area (Å²) in [6.45, 7) is 5.94. The van der Waals surface area contributed by atoms with Gasteiger partial charge in [-0.05, 0) is 61.7 Å². The first-order valence-corrected chi connectivity index (χ1v) is 12.5. The summed E-state index contributed by atoms with van der Waals surface area (Å²) >= 11 is 0. The van der Waals surface area contributed by atoms with Gasteiger partial charge in [-0.15, -0.1) is 0 Å². The summed E-state index contributed by atoms with van der Waals surface area (Å²) in [5.41, 5.74) is 3.36. The zero-order chi connectivity index (χ0) is 24.1. The van der Waals surface area contributed by atoms with E-state index in [1.54, 1.807) is 47.4 Å². The van der Waals surface area contributed by atoms with Gasteiger partial charge in [-0.3, -0.25) is 9.59 Å². The molecule has 34 heavy (non-hydrogen) atoms. The molecule has 3 aromatic rings. The van der Waals surface area contributed by atoms with Crippen LogP contribution >= 0.6 is 0 Å². The molecule has 0 spiro atoms. The molecule has 1 aliphatic rings. The molecule has 0 saturated carbocycles. The van der Waals surface area contributed by atoms with Crippen molar-refractivity contribution in [1.29, 1.82) is 0 Å². The number of nitrogens with zero attached hydrogens (tertiary/aromatic N) is 1. The van der Waals surface area contributed by atoms with Crippen LogP contribution in [0.4, 0.5) is 5.69 Å². The van der Waals surface area contributed by atoms with Gasteiger partial charge in [-0.25, -0.2) is 4.21 Å². The Labute approximate surface area is 202 Å². The number of benzene rings is 3. The summed E-state index contributed by atoms with van der Waals surface area (Å²) in [5.74, 6) is -0.477. The summed E-state index contributed by atoms with van der Waals surface area (Å²) in [7, 11) is -1.55. The molecule has 0 fully saturated rings. The lowest BCUT2D eigenvalue weighted by Crippen LogP contribution is -2.31. The van der Waals surface area contributed by atoms with Crippen LogP contribution in [0.15, 0.2) is 76.5 Å². The Kier molecular flexibility index (Phi) is 7.55. The van der Waals surface area contributed by atoms with Crippen molar-refractivity contribution in [3.63, 3.8) is 0 Å². The zero-order valence-corrected chi connectivity index (χ0v) is 20.2. The quantitative estimate of drug-likeness (QED) is 0.487. The number of nitrogens with one attached hydrogen (secondary N) is 1. The number of carbonyl (C=O) groups excluding carboxylic acids is 2. The van der Waals surface area contributed by atoms with Gasteiger partial charge in [0.15, 0.2) is 0 Å². The highest BCUT2D eigenvalue weighted by molar-refractivity contribution is 7.85. The highest BCUT2D eigenvalue weighted by Gasteiger charge is 2.31. The third-order valence-electron chi connectivity index (χ3n) is 5.82. The van der Waals surface area contributed by atoms with Crippen molar-refractivity contribution in [2.24, 2.45) is 0 Å². The van der Waals surface area contributed by atoms with E-state index in [1.807, 2.05) is 38.1 Å². The average molecular weight is 477 g/mol. The number of hydrogen-bond acceptors (Lipinski definition) is 4. The Balaban J connectivity index is 1.72. The molecule has 1 heterocycles. The average Bonchev–Trinajstić information content (AvgIpc) is 2.94. The smallest absolute Gasteiger partial charge is 0.259 e. The molecule has 1 atom stereocenters. The SMILES string of the molecule is CCOCCCNC(=O)c1ccc2c(c1)N(Cc1ccccc1C)C(=O)c1ccccc1[S@]2=O. The van der Waals surface area contributed by atoms with Crippen molar-refractivity contribution in [1.82, 2.24) is 5.32 Å². The van der Waals surface area contributed by atoms with Gasteiger partial charge in [0.05, 0.1) is 38.4 Å². The number of amides is 2. The fraction of sp³-hybridized carbons (Fsp3) is 0.259. The molecule has 176 valence electrons. The minimum Gasteiger partial charge on any atom is -0.382 e. The number of rotatable bonds is 8. The number of anilines is 1. The molecule has 1 N–H and O–H groups in total. The van der Waals surface area contributed by atoms with Gasteiger partial charge in [0.1, 0.15) is 0 Å². The van der Waals surface area contributed by atoms with Crippen molar-refractivity contribution in [3.8, 4) is 0 Å². The maximum Gasteiger partial charge on any atom is 0.259 e. The van der Waals surface area contributed by atoms with Crippen LogP contribution in [0.25, 0.3) is 0 Å². The molecule has 0 aliphatic carbocycles. The second kappa shape index (κ2) is 10.8. The lowest BCUT2D eigenvalue weighted by molar-refractivity contribution is 0.0941. The molecule has 6 nitrogen and oxygen atoms in total. The predicted octanol–water partition coefficient (Wildman–Crippen LogP) is 4.48. The number of carbonyl (C=O) groups is 2. The van der Waals surface area contributed by atoms with Crippen LogP contribution in [0.3, 0.4) is 0 Å². The molecule has 0 aromatic heterocycles. The van der Waals surface area contributed by atoms with E-state index in [1.165, 1.54) is 0 Å². The van der Waals surface area contributed by atoms with Crippen LogP contribution in [0, 0.1) is 6.92 Å². The second-order valence-electron chi connectivity index (χ2n) is 8.07. The van der Waals surface area contributed by atoms with E-state index >= 15 is 0 Å². The summed E-state index contributed by atoms with van der Waals surface area (Å²) in [6, 6.07) is 19.9. The third kappa shape index (κ3) is 4.95.